The molecule has 0 saturated carbocycles. The van der Waals surface area contributed by atoms with Crippen molar-refractivity contribution in [2.24, 2.45) is 0 Å². The maximum Gasteiger partial charge on any atom is 0.261 e. The summed E-state index contributed by atoms with van der Waals surface area (Å²) in [7, 11) is -1.65. The van der Waals surface area contributed by atoms with E-state index < -0.39 is 16.3 Å². The lowest BCUT2D eigenvalue weighted by molar-refractivity contribution is -0.252. The molecule has 0 bridgehead atoms. The molecule has 7 nitrogen and oxygen atoms in total. The van der Waals surface area contributed by atoms with Gasteiger partial charge in [0.2, 0.25) is 0 Å². The van der Waals surface area contributed by atoms with Crippen LogP contribution >= 0.6 is 0 Å². The molecule has 0 spiro atoms. The van der Waals surface area contributed by atoms with Gasteiger partial charge in [0.15, 0.2) is 6.29 Å². The van der Waals surface area contributed by atoms with Gasteiger partial charge in [-0.3, -0.25) is 4.72 Å². The lowest BCUT2D eigenvalue weighted by atomic mass is 10.00. The lowest BCUT2D eigenvalue weighted by Crippen LogP contribution is -2.37. The van der Waals surface area contributed by atoms with Gasteiger partial charge in [0, 0.05) is 30.8 Å². The number of benzene rings is 3. The second-order valence-corrected chi connectivity index (χ2v) is 10.6. The minimum absolute atomic E-state index is 0.00705. The Balaban J connectivity index is 1.52. The molecular formula is C28H32N2O5S. The van der Waals surface area contributed by atoms with Crippen molar-refractivity contribution in [1.29, 1.82) is 0 Å². The van der Waals surface area contributed by atoms with Gasteiger partial charge in [-0.1, -0.05) is 60.7 Å². The third kappa shape index (κ3) is 6.60. The fraction of sp³-hybridized carbons (Fsp3) is 0.286. The number of hydrogen-bond donors (Lipinski definition) is 2. The van der Waals surface area contributed by atoms with Crippen LogP contribution in [-0.2, 0) is 26.1 Å². The first-order valence-corrected chi connectivity index (χ1v) is 13.3. The highest BCUT2D eigenvalue weighted by Crippen LogP contribution is 2.38. The minimum atomic E-state index is -3.67. The minimum Gasteiger partial charge on any atom is -0.392 e. The van der Waals surface area contributed by atoms with Crippen molar-refractivity contribution in [3.63, 3.8) is 0 Å². The van der Waals surface area contributed by atoms with Gasteiger partial charge < -0.3 is 19.5 Å². The maximum atomic E-state index is 12.6. The third-order valence-corrected chi connectivity index (χ3v) is 7.46. The van der Waals surface area contributed by atoms with Crippen LogP contribution in [0.3, 0.4) is 0 Å². The number of anilines is 1. The number of nitrogens with one attached hydrogen (secondary N) is 1. The Morgan fingerprint density at radius 3 is 2.31 bits per heavy atom. The van der Waals surface area contributed by atoms with Gasteiger partial charge >= 0.3 is 0 Å². The molecule has 8 heteroatoms. The zero-order chi connectivity index (χ0) is 25.5. The number of nitrogens with zero attached hydrogens (tertiary/aromatic N) is 1. The summed E-state index contributed by atoms with van der Waals surface area (Å²) in [6.07, 6.45) is 1.67. The van der Waals surface area contributed by atoms with E-state index in [-0.39, 0.29) is 23.7 Å². The number of rotatable bonds is 10. The Kier molecular flexibility index (Phi) is 8.56. The fourth-order valence-electron chi connectivity index (χ4n) is 4.20. The van der Waals surface area contributed by atoms with E-state index in [9.17, 15) is 13.5 Å². The van der Waals surface area contributed by atoms with Crippen molar-refractivity contribution in [2.75, 3.05) is 24.9 Å². The number of ether oxygens (including phenoxy) is 2. The van der Waals surface area contributed by atoms with Gasteiger partial charge in [0.05, 0.1) is 23.7 Å². The van der Waals surface area contributed by atoms with Crippen LogP contribution in [0.15, 0.2) is 96.4 Å². The molecule has 190 valence electrons. The summed E-state index contributed by atoms with van der Waals surface area (Å²) in [6.45, 7) is 5.27. The van der Waals surface area contributed by atoms with Crippen molar-refractivity contribution in [3.8, 4) is 0 Å². The maximum absolute atomic E-state index is 12.6. The molecule has 0 amide bonds. The molecule has 1 fully saturated rings. The summed E-state index contributed by atoms with van der Waals surface area (Å²) in [5, 5.41) is 9.37. The molecule has 1 aliphatic rings. The largest absolute Gasteiger partial charge is 0.392 e. The summed E-state index contributed by atoms with van der Waals surface area (Å²) in [5.74, 6) is 0. The van der Waals surface area contributed by atoms with Crippen LogP contribution in [0.5, 0.6) is 0 Å². The predicted molar refractivity (Wildman–Crippen MR) is 140 cm³/mol. The van der Waals surface area contributed by atoms with E-state index in [1.165, 1.54) is 0 Å². The van der Waals surface area contributed by atoms with Gasteiger partial charge in [0.25, 0.3) is 10.0 Å². The second kappa shape index (κ2) is 11.8. The van der Waals surface area contributed by atoms with E-state index in [4.69, 9.17) is 9.47 Å². The Bertz CT molecular complexity index is 1230. The zero-order valence-electron chi connectivity index (χ0n) is 20.3. The summed E-state index contributed by atoms with van der Waals surface area (Å²) < 4.78 is 40.6. The molecule has 3 aromatic carbocycles. The van der Waals surface area contributed by atoms with Crippen molar-refractivity contribution in [1.82, 2.24) is 4.90 Å². The van der Waals surface area contributed by atoms with Crippen LogP contribution in [-0.4, -0.2) is 44.7 Å². The highest BCUT2D eigenvalue weighted by molar-refractivity contribution is 7.92. The van der Waals surface area contributed by atoms with Crippen LogP contribution in [0.1, 0.15) is 35.5 Å². The van der Waals surface area contributed by atoms with Crippen LogP contribution in [0.2, 0.25) is 0 Å². The lowest BCUT2D eigenvalue weighted by Gasteiger charge is -2.37. The summed E-state index contributed by atoms with van der Waals surface area (Å²) in [5.41, 5.74) is 3.12. The SMILES string of the molecule is C=CCN(C)C[C@H]1C[C@@H](c2ccc(CO)cc2)O[C@@H](c2ccc(NS(=O)(=O)c3ccccc3)cc2)O1. The first kappa shape index (κ1) is 26.1. The van der Waals surface area contributed by atoms with E-state index in [0.29, 0.717) is 18.7 Å². The Hall–Kier alpha value is -3.01. The van der Waals surface area contributed by atoms with Crippen molar-refractivity contribution in [3.05, 3.63) is 108 Å². The fourth-order valence-corrected chi connectivity index (χ4v) is 5.28. The van der Waals surface area contributed by atoms with Crippen LogP contribution in [0.25, 0.3) is 0 Å². The van der Waals surface area contributed by atoms with Crippen LogP contribution in [0, 0.1) is 0 Å². The highest BCUT2D eigenvalue weighted by atomic mass is 32.2. The van der Waals surface area contributed by atoms with Gasteiger partial charge in [-0.25, -0.2) is 8.42 Å². The van der Waals surface area contributed by atoms with Crippen LogP contribution < -0.4 is 4.72 Å². The monoisotopic (exact) mass is 508 g/mol. The van der Waals surface area contributed by atoms with Crippen molar-refractivity contribution >= 4 is 15.7 Å². The standard InChI is InChI=1S/C28H32N2O5S/c1-3-17-30(2)19-25-18-27(22-11-9-21(20-31)10-12-22)35-28(34-25)23-13-15-24(16-14-23)29-36(32,33)26-7-5-4-6-8-26/h3-16,25,27-29,31H,1,17-20H2,2H3/t25-,27+,28+/m1/s1. The average Bonchev–Trinajstić information content (AvgIpc) is 2.89. The molecule has 0 unspecified atom stereocenters. The molecule has 36 heavy (non-hydrogen) atoms. The molecule has 4 rings (SSSR count). The number of sulfonamides is 1. The van der Waals surface area contributed by atoms with E-state index >= 15 is 0 Å². The Labute approximate surface area is 213 Å². The smallest absolute Gasteiger partial charge is 0.261 e. The molecule has 0 radical (unpaired) electrons. The zero-order valence-corrected chi connectivity index (χ0v) is 21.1. The second-order valence-electron chi connectivity index (χ2n) is 8.90. The van der Waals surface area contributed by atoms with Crippen molar-refractivity contribution in [2.45, 2.75) is 36.4 Å². The molecule has 1 saturated heterocycles. The van der Waals surface area contributed by atoms with E-state index in [1.54, 1.807) is 42.5 Å². The van der Waals surface area contributed by atoms with E-state index in [1.807, 2.05) is 49.5 Å². The predicted octanol–water partition coefficient (Wildman–Crippen LogP) is 4.64. The number of aliphatic hydroxyl groups is 1. The average molecular weight is 509 g/mol. The third-order valence-electron chi connectivity index (χ3n) is 6.06. The normalized spacial score (nSPS) is 20.2. The van der Waals surface area contributed by atoms with Crippen molar-refractivity contribution < 1.29 is 23.0 Å². The van der Waals surface area contributed by atoms with Gasteiger partial charge in [-0.2, -0.15) is 0 Å². The molecule has 0 aromatic heterocycles. The molecule has 1 aliphatic heterocycles. The first-order valence-electron chi connectivity index (χ1n) is 11.9. The molecule has 1 heterocycles. The summed E-state index contributed by atoms with van der Waals surface area (Å²) in [4.78, 5) is 2.35. The van der Waals surface area contributed by atoms with E-state index in [0.717, 1.165) is 23.2 Å². The summed E-state index contributed by atoms with van der Waals surface area (Å²) in [6, 6.07) is 23.0. The summed E-state index contributed by atoms with van der Waals surface area (Å²) >= 11 is 0. The Morgan fingerprint density at radius 2 is 1.67 bits per heavy atom. The molecule has 3 aromatic rings. The number of hydrogen-bond acceptors (Lipinski definition) is 6. The number of aliphatic hydroxyl groups excluding tert-OH is 1. The van der Waals surface area contributed by atoms with E-state index in [2.05, 4.69) is 16.2 Å². The van der Waals surface area contributed by atoms with Gasteiger partial charge in [-0.05, 0) is 42.4 Å². The van der Waals surface area contributed by atoms with Gasteiger partial charge in [-0.15, -0.1) is 6.58 Å². The first-order chi connectivity index (χ1) is 17.4. The molecule has 3 atom stereocenters. The topological polar surface area (TPSA) is 88.1 Å². The quantitative estimate of drug-likeness (QED) is 0.388. The number of likely N-dealkylation sites (N-methyl/N-ethyl adjacent to an activating group) is 1. The Morgan fingerprint density at radius 1 is 1.00 bits per heavy atom. The van der Waals surface area contributed by atoms with Gasteiger partial charge in [0.1, 0.15) is 0 Å². The molecule has 0 aliphatic carbocycles. The molecule has 2 N–H and O–H groups in total. The molecular weight excluding hydrogens is 476 g/mol. The van der Waals surface area contributed by atoms with Crippen LogP contribution in [0.4, 0.5) is 5.69 Å². The highest BCUT2D eigenvalue weighted by Gasteiger charge is 2.32.